The van der Waals surface area contributed by atoms with Gasteiger partial charge in [-0.3, -0.25) is 9.59 Å². The summed E-state index contributed by atoms with van der Waals surface area (Å²) in [5.74, 6) is -1.55. The molecule has 9 heteroatoms. The molecule has 1 aliphatic rings. The molecule has 1 saturated heterocycles. The molecule has 2 N–H and O–H groups in total. The molecule has 0 aliphatic carbocycles. The first kappa shape index (κ1) is 20.3. The molecule has 0 bridgehead atoms. The average Bonchev–Trinajstić information content (AvgIpc) is 2.64. The number of nitrogens with zero attached hydrogens (tertiary/aromatic N) is 1. The fraction of sp³-hybridized carbons (Fsp3) is 0.529. The zero-order valence-electron chi connectivity index (χ0n) is 15.0. The Morgan fingerprint density at radius 3 is 2.50 bits per heavy atom. The van der Waals surface area contributed by atoms with Crippen molar-refractivity contribution in [2.75, 3.05) is 26.2 Å². The van der Waals surface area contributed by atoms with Crippen molar-refractivity contribution in [1.29, 1.82) is 0 Å². The first-order valence-corrected chi connectivity index (χ1v) is 10.1. The standard InChI is InChI=1S/C17H25N3O5S/c1-3-9-18-16(21)17(22)19-12-15-20(10-4-11-25-15)26(23,24)14-7-5-13(2)6-8-14/h5-8,15H,3-4,9-12H2,1-2H3,(H,18,21)(H,19,22)/t15-/m1/s1. The number of hydrogen-bond donors (Lipinski definition) is 2. The summed E-state index contributed by atoms with van der Waals surface area (Å²) >= 11 is 0. The van der Waals surface area contributed by atoms with E-state index in [0.29, 0.717) is 32.5 Å². The highest BCUT2D eigenvalue weighted by Gasteiger charge is 2.34. The molecule has 1 aliphatic heterocycles. The number of benzene rings is 1. The third-order valence-electron chi connectivity index (χ3n) is 3.96. The molecule has 1 atom stereocenters. The SMILES string of the molecule is CCCNC(=O)C(=O)NC[C@H]1OCCCN1S(=O)(=O)c1ccc(C)cc1. The number of aryl methyl sites for hydroxylation is 1. The summed E-state index contributed by atoms with van der Waals surface area (Å²) in [7, 11) is -3.75. The normalized spacial score (nSPS) is 18.3. The molecule has 2 amide bonds. The van der Waals surface area contributed by atoms with Crippen LogP contribution in [0.25, 0.3) is 0 Å². The van der Waals surface area contributed by atoms with Gasteiger partial charge < -0.3 is 15.4 Å². The number of nitrogens with one attached hydrogen (secondary N) is 2. The van der Waals surface area contributed by atoms with E-state index in [9.17, 15) is 18.0 Å². The Kier molecular flexibility index (Phi) is 7.13. The van der Waals surface area contributed by atoms with E-state index in [4.69, 9.17) is 4.74 Å². The lowest BCUT2D eigenvalue weighted by atomic mass is 10.2. The van der Waals surface area contributed by atoms with Crippen LogP contribution in [0, 0.1) is 6.92 Å². The second kappa shape index (κ2) is 9.11. The molecule has 0 saturated carbocycles. The van der Waals surface area contributed by atoms with E-state index in [2.05, 4.69) is 10.6 Å². The highest BCUT2D eigenvalue weighted by Crippen LogP contribution is 2.22. The van der Waals surface area contributed by atoms with Gasteiger partial charge in [0, 0.05) is 13.1 Å². The number of sulfonamides is 1. The van der Waals surface area contributed by atoms with Crippen LogP contribution in [0.2, 0.25) is 0 Å². The van der Waals surface area contributed by atoms with Gasteiger partial charge in [-0.25, -0.2) is 8.42 Å². The maximum atomic E-state index is 12.9. The van der Waals surface area contributed by atoms with Crippen LogP contribution < -0.4 is 10.6 Å². The molecule has 1 fully saturated rings. The van der Waals surface area contributed by atoms with Crippen molar-refractivity contribution < 1.29 is 22.7 Å². The van der Waals surface area contributed by atoms with Crippen molar-refractivity contribution in [2.45, 2.75) is 37.8 Å². The molecular formula is C17H25N3O5S. The van der Waals surface area contributed by atoms with E-state index in [0.717, 1.165) is 5.56 Å². The summed E-state index contributed by atoms with van der Waals surface area (Å²) in [6.45, 7) is 4.75. The van der Waals surface area contributed by atoms with Crippen molar-refractivity contribution in [3.05, 3.63) is 29.8 Å². The Hall–Kier alpha value is -1.97. The Labute approximate surface area is 153 Å². The van der Waals surface area contributed by atoms with Crippen LogP contribution in [-0.4, -0.2) is 57.0 Å². The van der Waals surface area contributed by atoms with Gasteiger partial charge >= 0.3 is 11.8 Å². The largest absolute Gasteiger partial charge is 0.360 e. The number of ether oxygens (including phenoxy) is 1. The van der Waals surface area contributed by atoms with Gasteiger partial charge in [0.2, 0.25) is 10.0 Å². The minimum absolute atomic E-state index is 0.0938. The molecule has 0 radical (unpaired) electrons. The van der Waals surface area contributed by atoms with Crippen LogP contribution in [0.15, 0.2) is 29.2 Å². The summed E-state index contributed by atoms with van der Waals surface area (Å²) in [5.41, 5.74) is 0.959. The highest BCUT2D eigenvalue weighted by atomic mass is 32.2. The van der Waals surface area contributed by atoms with Gasteiger partial charge in [0.25, 0.3) is 0 Å². The van der Waals surface area contributed by atoms with Gasteiger partial charge in [0.15, 0.2) is 0 Å². The Morgan fingerprint density at radius 2 is 1.85 bits per heavy atom. The lowest BCUT2D eigenvalue weighted by Crippen LogP contribution is -2.53. The molecule has 0 spiro atoms. The van der Waals surface area contributed by atoms with E-state index in [-0.39, 0.29) is 11.4 Å². The maximum Gasteiger partial charge on any atom is 0.309 e. The van der Waals surface area contributed by atoms with Gasteiger partial charge in [-0.2, -0.15) is 4.31 Å². The van der Waals surface area contributed by atoms with Crippen molar-refractivity contribution >= 4 is 21.8 Å². The summed E-state index contributed by atoms with van der Waals surface area (Å²) in [6.07, 6.45) is 0.429. The van der Waals surface area contributed by atoms with Crippen LogP contribution in [0.1, 0.15) is 25.3 Å². The number of rotatable bonds is 6. The molecule has 2 rings (SSSR count). The number of carbonyl (C=O) groups excluding carboxylic acids is 2. The second-order valence-corrected chi connectivity index (χ2v) is 7.96. The molecule has 26 heavy (non-hydrogen) atoms. The van der Waals surface area contributed by atoms with Gasteiger partial charge in [-0.1, -0.05) is 24.6 Å². The van der Waals surface area contributed by atoms with E-state index in [1.807, 2.05) is 13.8 Å². The summed E-state index contributed by atoms with van der Waals surface area (Å²) in [5, 5.41) is 4.91. The van der Waals surface area contributed by atoms with Gasteiger partial charge in [-0.15, -0.1) is 0 Å². The predicted octanol–water partition coefficient (Wildman–Crippen LogP) is 0.375. The number of amides is 2. The van der Waals surface area contributed by atoms with Crippen LogP contribution in [0.4, 0.5) is 0 Å². The van der Waals surface area contributed by atoms with E-state index in [1.54, 1.807) is 24.3 Å². The van der Waals surface area contributed by atoms with Crippen molar-refractivity contribution in [3.63, 3.8) is 0 Å². The second-order valence-electron chi connectivity index (χ2n) is 6.07. The zero-order chi connectivity index (χ0) is 19.2. The first-order chi connectivity index (χ1) is 12.4. The smallest absolute Gasteiger partial charge is 0.309 e. The van der Waals surface area contributed by atoms with Crippen LogP contribution >= 0.6 is 0 Å². The van der Waals surface area contributed by atoms with Crippen LogP contribution in [0.3, 0.4) is 0 Å². The highest BCUT2D eigenvalue weighted by molar-refractivity contribution is 7.89. The molecule has 1 aromatic carbocycles. The van der Waals surface area contributed by atoms with Gasteiger partial charge in [-0.05, 0) is 31.9 Å². The molecule has 0 unspecified atom stereocenters. The fourth-order valence-corrected chi connectivity index (χ4v) is 4.09. The third kappa shape index (κ3) is 5.03. The summed E-state index contributed by atoms with van der Waals surface area (Å²) in [6, 6.07) is 6.55. The van der Waals surface area contributed by atoms with E-state index >= 15 is 0 Å². The van der Waals surface area contributed by atoms with E-state index in [1.165, 1.54) is 4.31 Å². The fourth-order valence-electron chi connectivity index (χ4n) is 2.53. The molecule has 1 aromatic rings. The minimum atomic E-state index is -3.75. The van der Waals surface area contributed by atoms with Gasteiger partial charge in [0.1, 0.15) is 6.23 Å². The molecular weight excluding hydrogens is 358 g/mol. The average molecular weight is 383 g/mol. The summed E-state index contributed by atoms with van der Waals surface area (Å²) < 4.78 is 32.5. The maximum absolute atomic E-state index is 12.9. The van der Waals surface area contributed by atoms with Crippen LogP contribution in [-0.2, 0) is 24.3 Å². The lowest BCUT2D eigenvalue weighted by molar-refractivity contribution is -0.140. The minimum Gasteiger partial charge on any atom is -0.360 e. The van der Waals surface area contributed by atoms with Crippen molar-refractivity contribution in [2.24, 2.45) is 0 Å². The number of carbonyl (C=O) groups is 2. The zero-order valence-corrected chi connectivity index (χ0v) is 15.8. The van der Waals surface area contributed by atoms with Crippen LogP contribution in [0.5, 0.6) is 0 Å². The predicted molar refractivity (Wildman–Crippen MR) is 95.7 cm³/mol. The van der Waals surface area contributed by atoms with Crippen molar-refractivity contribution in [1.82, 2.24) is 14.9 Å². The molecule has 144 valence electrons. The lowest BCUT2D eigenvalue weighted by Gasteiger charge is -2.34. The van der Waals surface area contributed by atoms with Gasteiger partial charge in [0.05, 0.1) is 18.0 Å². The Bertz CT molecular complexity index is 733. The summed E-state index contributed by atoms with van der Waals surface area (Å²) in [4.78, 5) is 23.6. The third-order valence-corrected chi connectivity index (χ3v) is 5.86. The van der Waals surface area contributed by atoms with Crippen molar-refractivity contribution in [3.8, 4) is 0 Å². The van der Waals surface area contributed by atoms with E-state index < -0.39 is 28.1 Å². The molecule has 0 aromatic heterocycles. The molecule has 8 nitrogen and oxygen atoms in total. The Balaban J connectivity index is 2.06. The quantitative estimate of drug-likeness (QED) is 0.691. The monoisotopic (exact) mass is 383 g/mol. The first-order valence-electron chi connectivity index (χ1n) is 8.62. The Morgan fingerprint density at radius 1 is 1.19 bits per heavy atom. The number of hydrogen-bond acceptors (Lipinski definition) is 5. The molecule has 1 heterocycles. The topological polar surface area (TPSA) is 105 Å².